The quantitative estimate of drug-likeness (QED) is 0.427. The topological polar surface area (TPSA) is 9.23 Å². The summed E-state index contributed by atoms with van der Waals surface area (Å²) in [7, 11) is 0. The Balaban J connectivity index is 1.66. The van der Waals surface area contributed by atoms with Gasteiger partial charge in [-0.2, -0.15) is 0 Å². The maximum Gasteiger partial charge on any atom is 0.119 e. The number of hydrogen-bond acceptors (Lipinski definition) is 1. The summed E-state index contributed by atoms with van der Waals surface area (Å²) < 4.78 is 6.97. The minimum absolute atomic E-state index is 0.861. The Bertz CT molecular complexity index is 401. The first-order chi connectivity index (χ1) is 10.8. The van der Waals surface area contributed by atoms with E-state index in [0.29, 0.717) is 0 Å². The molecule has 0 aromatic heterocycles. The number of unbranched alkanes of at least 4 members (excludes halogenated alkanes) is 2. The zero-order chi connectivity index (χ0) is 15.6. The SMILES string of the molecule is CCCCCC1CCCCC1CCCOc1ccc(Br)cc1. The molecule has 1 saturated carbocycles. The summed E-state index contributed by atoms with van der Waals surface area (Å²) in [6.07, 6.45) is 14.0. The van der Waals surface area contributed by atoms with E-state index >= 15 is 0 Å². The van der Waals surface area contributed by atoms with Gasteiger partial charge in [0.1, 0.15) is 5.75 Å². The molecule has 0 saturated heterocycles. The van der Waals surface area contributed by atoms with Gasteiger partial charge in [-0.15, -0.1) is 0 Å². The van der Waals surface area contributed by atoms with Gasteiger partial charge in [0.15, 0.2) is 0 Å². The van der Waals surface area contributed by atoms with Crippen molar-refractivity contribution in [1.82, 2.24) is 0 Å². The summed E-state index contributed by atoms with van der Waals surface area (Å²) in [4.78, 5) is 0. The maximum absolute atomic E-state index is 5.86. The van der Waals surface area contributed by atoms with Gasteiger partial charge in [0.25, 0.3) is 0 Å². The van der Waals surface area contributed by atoms with Gasteiger partial charge in [-0.25, -0.2) is 0 Å². The van der Waals surface area contributed by atoms with Gasteiger partial charge in [0.2, 0.25) is 0 Å². The molecule has 124 valence electrons. The molecule has 1 aliphatic rings. The monoisotopic (exact) mass is 366 g/mol. The highest BCUT2D eigenvalue weighted by atomic mass is 79.9. The molecular weight excluding hydrogens is 336 g/mol. The van der Waals surface area contributed by atoms with Crippen LogP contribution in [0, 0.1) is 11.8 Å². The normalized spacial score (nSPS) is 21.7. The van der Waals surface area contributed by atoms with Gasteiger partial charge < -0.3 is 4.74 Å². The maximum atomic E-state index is 5.86. The summed E-state index contributed by atoms with van der Waals surface area (Å²) in [6.45, 7) is 3.16. The third kappa shape index (κ3) is 6.32. The molecule has 1 nitrogen and oxygen atoms in total. The van der Waals surface area contributed by atoms with E-state index in [1.54, 1.807) is 0 Å². The molecule has 1 aromatic carbocycles. The standard InChI is InChI=1S/C20H31BrO/c1-2-3-4-8-17-9-5-6-10-18(17)11-7-16-22-20-14-12-19(21)13-15-20/h12-15,17-18H,2-11,16H2,1H3. The van der Waals surface area contributed by atoms with Crippen LogP contribution >= 0.6 is 15.9 Å². The average molecular weight is 367 g/mol. The van der Waals surface area contributed by atoms with Crippen LogP contribution in [0.25, 0.3) is 0 Å². The molecule has 0 bridgehead atoms. The first-order valence-corrected chi connectivity index (χ1v) is 9.97. The third-order valence-electron chi connectivity index (χ3n) is 5.05. The van der Waals surface area contributed by atoms with Crippen molar-refractivity contribution in [3.05, 3.63) is 28.7 Å². The van der Waals surface area contributed by atoms with E-state index in [2.05, 4.69) is 22.9 Å². The molecule has 2 heteroatoms. The highest BCUT2D eigenvalue weighted by Crippen LogP contribution is 2.36. The Labute approximate surface area is 145 Å². The molecule has 1 aromatic rings. The molecule has 0 N–H and O–H groups in total. The molecule has 1 fully saturated rings. The molecule has 1 aliphatic carbocycles. The van der Waals surface area contributed by atoms with E-state index in [9.17, 15) is 0 Å². The van der Waals surface area contributed by atoms with Gasteiger partial charge >= 0.3 is 0 Å². The zero-order valence-electron chi connectivity index (χ0n) is 14.0. The molecule has 0 aliphatic heterocycles. The average Bonchev–Trinajstić information content (AvgIpc) is 2.55. The summed E-state index contributed by atoms with van der Waals surface area (Å²) in [6, 6.07) is 8.16. The first kappa shape index (κ1) is 17.8. The second kappa shape index (κ2) is 10.3. The van der Waals surface area contributed by atoms with Crippen molar-refractivity contribution in [2.75, 3.05) is 6.61 Å². The molecule has 2 unspecified atom stereocenters. The number of hydrogen-bond donors (Lipinski definition) is 0. The highest BCUT2D eigenvalue weighted by molar-refractivity contribution is 9.10. The van der Waals surface area contributed by atoms with Crippen molar-refractivity contribution in [3.8, 4) is 5.75 Å². The summed E-state index contributed by atoms with van der Waals surface area (Å²) >= 11 is 3.46. The van der Waals surface area contributed by atoms with Crippen molar-refractivity contribution < 1.29 is 4.74 Å². The van der Waals surface area contributed by atoms with Gasteiger partial charge in [-0.1, -0.05) is 74.2 Å². The Morgan fingerprint density at radius 1 is 0.955 bits per heavy atom. The smallest absolute Gasteiger partial charge is 0.119 e. The summed E-state index contributed by atoms with van der Waals surface area (Å²) in [5.74, 6) is 2.94. The van der Waals surface area contributed by atoms with Crippen molar-refractivity contribution in [2.24, 2.45) is 11.8 Å². The summed E-state index contributed by atoms with van der Waals surface area (Å²) in [5, 5.41) is 0. The molecule has 0 amide bonds. The Morgan fingerprint density at radius 3 is 2.23 bits per heavy atom. The van der Waals surface area contributed by atoms with Crippen LogP contribution < -0.4 is 4.74 Å². The van der Waals surface area contributed by atoms with Gasteiger partial charge in [-0.3, -0.25) is 0 Å². The molecular formula is C20H31BrO. The fourth-order valence-corrected chi connectivity index (χ4v) is 4.03. The van der Waals surface area contributed by atoms with Crippen molar-refractivity contribution in [3.63, 3.8) is 0 Å². The lowest BCUT2D eigenvalue weighted by molar-refractivity contribution is 0.190. The van der Waals surface area contributed by atoms with E-state index < -0.39 is 0 Å². The van der Waals surface area contributed by atoms with Crippen LogP contribution in [-0.2, 0) is 0 Å². The highest BCUT2D eigenvalue weighted by Gasteiger charge is 2.24. The van der Waals surface area contributed by atoms with Crippen LogP contribution in [0.5, 0.6) is 5.75 Å². The molecule has 22 heavy (non-hydrogen) atoms. The van der Waals surface area contributed by atoms with Crippen LogP contribution in [-0.4, -0.2) is 6.61 Å². The van der Waals surface area contributed by atoms with Crippen LogP contribution in [0.15, 0.2) is 28.7 Å². The van der Waals surface area contributed by atoms with Crippen LogP contribution in [0.3, 0.4) is 0 Å². The predicted octanol–water partition coefficient (Wildman–Crippen LogP) is 6.99. The van der Waals surface area contributed by atoms with E-state index in [1.165, 1.54) is 64.2 Å². The minimum Gasteiger partial charge on any atom is -0.494 e. The molecule has 0 radical (unpaired) electrons. The predicted molar refractivity (Wildman–Crippen MR) is 98.5 cm³/mol. The van der Waals surface area contributed by atoms with E-state index in [1.807, 2.05) is 24.3 Å². The largest absolute Gasteiger partial charge is 0.494 e. The lowest BCUT2D eigenvalue weighted by Crippen LogP contribution is -2.20. The molecule has 0 spiro atoms. The van der Waals surface area contributed by atoms with E-state index in [0.717, 1.165) is 28.7 Å². The van der Waals surface area contributed by atoms with Crippen LogP contribution in [0.1, 0.15) is 71.1 Å². The molecule has 0 heterocycles. The minimum atomic E-state index is 0.861. The first-order valence-electron chi connectivity index (χ1n) is 9.18. The van der Waals surface area contributed by atoms with Crippen molar-refractivity contribution in [1.29, 1.82) is 0 Å². The van der Waals surface area contributed by atoms with Gasteiger partial charge in [0.05, 0.1) is 6.61 Å². The fourth-order valence-electron chi connectivity index (χ4n) is 3.77. The van der Waals surface area contributed by atoms with Crippen molar-refractivity contribution in [2.45, 2.75) is 71.1 Å². The molecule has 2 atom stereocenters. The number of rotatable bonds is 9. The Hall–Kier alpha value is -0.500. The van der Waals surface area contributed by atoms with Gasteiger partial charge in [-0.05, 0) is 48.9 Å². The third-order valence-corrected chi connectivity index (χ3v) is 5.58. The van der Waals surface area contributed by atoms with Gasteiger partial charge in [0, 0.05) is 4.47 Å². The van der Waals surface area contributed by atoms with E-state index in [4.69, 9.17) is 4.74 Å². The fraction of sp³-hybridized carbons (Fsp3) is 0.700. The lowest BCUT2D eigenvalue weighted by Gasteiger charge is -2.31. The Morgan fingerprint density at radius 2 is 1.59 bits per heavy atom. The van der Waals surface area contributed by atoms with E-state index in [-0.39, 0.29) is 0 Å². The summed E-state index contributed by atoms with van der Waals surface area (Å²) in [5.41, 5.74) is 0. The lowest BCUT2D eigenvalue weighted by atomic mass is 9.74. The second-order valence-electron chi connectivity index (χ2n) is 6.75. The van der Waals surface area contributed by atoms with Crippen molar-refractivity contribution >= 4 is 15.9 Å². The van der Waals surface area contributed by atoms with Crippen LogP contribution in [0.4, 0.5) is 0 Å². The zero-order valence-corrected chi connectivity index (χ0v) is 15.6. The molecule has 2 rings (SSSR count). The number of ether oxygens (including phenoxy) is 1. The van der Waals surface area contributed by atoms with Crippen LogP contribution in [0.2, 0.25) is 0 Å². The number of benzene rings is 1. The second-order valence-corrected chi connectivity index (χ2v) is 7.66. The Kier molecular flexibility index (Phi) is 8.36. The number of halogens is 1.